The van der Waals surface area contributed by atoms with Crippen LogP contribution in [0.3, 0.4) is 0 Å². The van der Waals surface area contributed by atoms with E-state index in [0.29, 0.717) is 23.9 Å². The number of unbranched alkanes of at least 4 members (excludes halogenated alkanes) is 12. The zero-order valence-electron chi connectivity index (χ0n) is 47.9. The van der Waals surface area contributed by atoms with Crippen LogP contribution in [-0.4, -0.2) is 87.4 Å². The Hall–Kier alpha value is -4.83. The zero-order chi connectivity index (χ0) is 54.8. The number of allylic oxidation sites excluding steroid dienone is 24. The number of carboxylic acid groups (broad SMARTS) is 1. The summed E-state index contributed by atoms with van der Waals surface area (Å²) in [5.41, 5.74) is 0. The van der Waals surface area contributed by atoms with Crippen LogP contribution in [0.4, 0.5) is 0 Å². The van der Waals surface area contributed by atoms with Gasteiger partial charge in [-0.15, -0.1) is 0 Å². The third-order valence-corrected chi connectivity index (χ3v) is 11.6. The van der Waals surface area contributed by atoms with E-state index in [2.05, 4.69) is 160 Å². The van der Waals surface area contributed by atoms with Gasteiger partial charge in [0.1, 0.15) is 13.2 Å². The van der Waals surface area contributed by atoms with Crippen molar-refractivity contribution < 1.29 is 42.9 Å². The number of quaternary nitrogens is 1. The van der Waals surface area contributed by atoms with Crippen molar-refractivity contribution in [2.45, 2.75) is 206 Å². The predicted molar refractivity (Wildman–Crippen MR) is 317 cm³/mol. The van der Waals surface area contributed by atoms with Gasteiger partial charge in [0.15, 0.2) is 6.10 Å². The molecule has 2 unspecified atom stereocenters. The van der Waals surface area contributed by atoms with Gasteiger partial charge < -0.3 is 28.5 Å². The van der Waals surface area contributed by atoms with Crippen LogP contribution in [0.15, 0.2) is 146 Å². The van der Waals surface area contributed by atoms with E-state index in [1.54, 1.807) is 0 Å². The number of likely N-dealkylation sites (N-methyl/N-ethyl adjacent to an activating group) is 1. The molecule has 0 fully saturated rings. The van der Waals surface area contributed by atoms with Gasteiger partial charge in [-0.1, -0.05) is 211 Å². The Labute approximate surface area is 458 Å². The molecule has 0 spiro atoms. The lowest BCUT2D eigenvalue weighted by molar-refractivity contribution is -0.870. The molecule has 0 aromatic heterocycles. The quantitative estimate of drug-likeness (QED) is 0.0211. The first-order chi connectivity index (χ1) is 36.6. The first-order valence-electron chi connectivity index (χ1n) is 29.0. The van der Waals surface area contributed by atoms with Crippen molar-refractivity contribution in [3.8, 4) is 0 Å². The lowest BCUT2D eigenvalue weighted by Gasteiger charge is -2.25. The van der Waals surface area contributed by atoms with Crippen molar-refractivity contribution in [3.05, 3.63) is 146 Å². The summed E-state index contributed by atoms with van der Waals surface area (Å²) in [4.78, 5) is 37.4. The second-order valence-electron chi connectivity index (χ2n) is 19.8. The Morgan fingerprint density at radius 3 is 1.07 bits per heavy atom. The second kappa shape index (κ2) is 55.4. The second-order valence-corrected chi connectivity index (χ2v) is 19.8. The molecule has 2 atom stereocenters. The molecule has 0 aliphatic heterocycles. The summed E-state index contributed by atoms with van der Waals surface area (Å²) in [5, 5.41) is 9.71. The molecule has 0 heterocycles. The highest BCUT2D eigenvalue weighted by Gasteiger charge is 2.25. The van der Waals surface area contributed by atoms with Crippen LogP contribution in [0, 0.1) is 0 Å². The van der Waals surface area contributed by atoms with Crippen LogP contribution in [0.1, 0.15) is 194 Å². The SMILES string of the molecule is CC/C=C\C/C=C\C/C=C\C/C=C\C/C=C\C/C=C\C/C=C\CCCCCCCCCC(=O)OC(COC(=O)CCCCCCC/C=C\C/C=C\C/C=C\C/C=C\C/C=C\CC)COC(OCC[N+](C)(C)C)C(=O)O. The standard InChI is InChI=1S/C66H105NO8/c1-6-8-10-12-14-16-18-20-22-24-26-28-29-30-31-32-33-34-35-37-39-41-43-45-47-49-51-53-55-57-64(69)75-62(61-74-66(65(70)71)72-59-58-67(3,4)5)60-73-63(68)56-54-52-50-48-46-44-42-40-38-36-27-25-23-21-19-17-15-13-11-9-7-2/h8-11,14-17,20-23,26-28,30-31,33-34,36-37,39-40,42,62,66H,6-7,12-13,18-19,24-25,29,32,35,38,41,43-61H2,1-5H3/p+1/b10-8-,11-9-,16-14-,17-15-,22-20-,23-21-,28-26-,31-30-,34-33-,36-27-,39-37-,42-40-. The molecule has 9 nitrogen and oxygen atoms in total. The van der Waals surface area contributed by atoms with E-state index < -0.39 is 24.3 Å². The number of carboxylic acids is 1. The topological polar surface area (TPSA) is 108 Å². The van der Waals surface area contributed by atoms with Gasteiger partial charge in [0.05, 0.1) is 34.4 Å². The molecule has 0 bridgehead atoms. The molecular formula is C66H106NO8+. The first kappa shape index (κ1) is 70.2. The molecule has 0 saturated heterocycles. The van der Waals surface area contributed by atoms with Gasteiger partial charge in [0.2, 0.25) is 0 Å². The zero-order valence-corrected chi connectivity index (χ0v) is 47.9. The number of aliphatic carboxylic acids is 1. The fraction of sp³-hybridized carbons (Fsp3) is 0.591. The van der Waals surface area contributed by atoms with Crippen molar-refractivity contribution in [2.75, 3.05) is 47.5 Å². The lowest BCUT2D eigenvalue weighted by Crippen LogP contribution is -2.40. The average molecular weight is 1040 g/mol. The van der Waals surface area contributed by atoms with Crippen LogP contribution in [0.25, 0.3) is 0 Å². The Kier molecular flexibility index (Phi) is 51.8. The molecule has 0 aromatic rings. The maximum absolute atomic E-state index is 12.9. The minimum Gasteiger partial charge on any atom is -0.477 e. The highest BCUT2D eigenvalue weighted by atomic mass is 16.7. The molecule has 0 aromatic carbocycles. The lowest BCUT2D eigenvalue weighted by atomic mass is 10.1. The number of esters is 2. The summed E-state index contributed by atoms with van der Waals surface area (Å²) in [6.45, 7) is 4.58. The summed E-state index contributed by atoms with van der Waals surface area (Å²) in [6, 6.07) is 0. The molecule has 0 radical (unpaired) electrons. The summed E-state index contributed by atoms with van der Waals surface area (Å²) in [5.74, 6) is -2.07. The van der Waals surface area contributed by atoms with Crippen molar-refractivity contribution in [1.82, 2.24) is 0 Å². The molecule has 0 aliphatic carbocycles. The fourth-order valence-corrected chi connectivity index (χ4v) is 7.19. The van der Waals surface area contributed by atoms with Gasteiger partial charge in [-0.25, -0.2) is 4.79 Å². The van der Waals surface area contributed by atoms with E-state index in [4.69, 9.17) is 18.9 Å². The summed E-state index contributed by atoms with van der Waals surface area (Å²) < 4.78 is 22.8. The number of nitrogens with zero attached hydrogens (tertiary/aromatic N) is 1. The predicted octanol–water partition coefficient (Wildman–Crippen LogP) is 17.2. The number of hydrogen-bond donors (Lipinski definition) is 1. The van der Waals surface area contributed by atoms with Crippen LogP contribution in [-0.2, 0) is 33.3 Å². The third kappa shape index (κ3) is 56.7. The van der Waals surface area contributed by atoms with Crippen molar-refractivity contribution in [2.24, 2.45) is 0 Å². The molecule has 422 valence electrons. The van der Waals surface area contributed by atoms with E-state index in [0.717, 1.165) is 135 Å². The van der Waals surface area contributed by atoms with Gasteiger partial charge in [-0.05, 0) is 116 Å². The smallest absolute Gasteiger partial charge is 0.361 e. The minimum atomic E-state index is -1.53. The van der Waals surface area contributed by atoms with Gasteiger partial charge in [-0.2, -0.15) is 0 Å². The van der Waals surface area contributed by atoms with Crippen LogP contribution < -0.4 is 0 Å². The molecule has 1 N–H and O–H groups in total. The Bertz CT molecular complexity index is 1730. The molecule has 75 heavy (non-hydrogen) atoms. The highest BCUT2D eigenvalue weighted by molar-refractivity contribution is 5.71. The monoisotopic (exact) mass is 1040 g/mol. The van der Waals surface area contributed by atoms with Crippen LogP contribution in [0.5, 0.6) is 0 Å². The molecule has 9 heteroatoms. The average Bonchev–Trinajstić information content (AvgIpc) is 3.38. The fourth-order valence-electron chi connectivity index (χ4n) is 7.19. The third-order valence-electron chi connectivity index (χ3n) is 11.6. The van der Waals surface area contributed by atoms with E-state index in [9.17, 15) is 19.5 Å². The van der Waals surface area contributed by atoms with Gasteiger partial charge in [-0.3, -0.25) is 9.59 Å². The normalized spacial score (nSPS) is 13.9. The van der Waals surface area contributed by atoms with Crippen molar-refractivity contribution in [3.63, 3.8) is 0 Å². The largest absolute Gasteiger partial charge is 0.477 e. The maximum atomic E-state index is 12.9. The molecule has 0 amide bonds. The Morgan fingerprint density at radius 1 is 0.400 bits per heavy atom. The first-order valence-corrected chi connectivity index (χ1v) is 29.0. The van der Waals surface area contributed by atoms with Crippen LogP contribution in [0.2, 0.25) is 0 Å². The van der Waals surface area contributed by atoms with E-state index in [1.165, 1.54) is 19.3 Å². The number of carbonyl (C=O) groups excluding carboxylic acids is 2. The number of rotatable bonds is 51. The summed E-state index contributed by atoms with van der Waals surface area (Å²) >= 11 is 0. The molecule has 0 rings (SSSR count). The highest BCUT2D eigenvalue weighted by Crippen LogP contribution is 2.13. The molecule has 0 saturated carbocycles. The maximum Gasteiger partial charge on any atom is 0.361 e. The van der Waals surface area contributed by atoms with E-state index >= 15 is 0 Å². The van der Waals surface area contributed by atoms with Crippen LogP contribution >= 0.6 is 0 Å². The summed E-state index contributed by atoms with van der Waals surface area (Å²) in [7, 11) is 5.94. The molecular weight excluding hydrogens is 935 g/mol. The summed E-state index contributed by atoms with van der Waals surface area (Å²) in [6.07, 6.45) is 77.7. The number of ether oxygens (including phenoxy) is 4. The van der Waals surface area contributed by atoms with Crippen molar-refractivity contribution >= 4 is 17.9 Å². The van der Waals surface area contributed by atoms with Gasteiger partial charge >= 0.3 is 17.9 Å². The number of carbonyl (C=O) groups is 3. The van der Waals surface area contributed by atoms with Gasteiger partial charge in [0.25, 0.3) is 6.29 Å². The Balaban J connectivity index is 4.36. The number of hydrogen-bond acceptors (Lipinski definition) is 7. The van der Waals surface area contributed by atoms with Crippen molar-refractivity contribution in [1.29, 1.82) is 0 Å². The minimum absolute atomic E-state index is 0.173. The Morgan fingerprint density at radius 2 is 0.720 bits per heavy atom. The van der Waals surface area contributed by atoms with E-state index in [-0.39, 0.29) is 38.6 Å². The molecule has 0 aliphatic rings. The van der Waals surface area contributed by atoms with E-state index in [1.807, 2.05) is 21.1 Å². The van der Waals surface area contributed by atoms with Gasteiger partial charge in [0, 0.05) is 12.8 Å².